The predicted octanol–water partition coefficient (Wildman–Crippen LogP) is 2.49. The highest BCUT2D eigenvalue weighted by Gasteiger charge is 2.12. The van der Waals surface area contributed by atoms with Crippen LogP contribution in [0.1, 0.15) is 5.76 Å². The summed E-state index contributed by atoms with van der Waals surface area (Å²) in [5.74, 6) is 1.08. The van der Waals surface area contributed by atoms with Crippen LogP contribution < -0.4 is 10.6 Å². The molecule has 2 aromatic rings. The molecule has 3 amide bonds. The molecule has 0 unspecified atom stereocenters. The van der Waals surface area contributed by atoms with Crippen LogP contribution in [0.3, 0.4) is 0 Å². The predicted molar refractivity (Wildman–Crippen MR) is 88.1 cm³/mol. The highest BCUT2D eigenvalue weighted by atomic mass is 35.5. The number of hydrogen-bond acceptors (Lipinski definition) is 4. The third kappa shape index (κ3) is 5.12. The maximum Gasteiger partial charge on any atom is 0.321 e. The topological polar surface area (TPSA) is 74.6 Å². The largest absolute Gasteiger partial charge is 0.460 e. The Labute approximate surface area is 139 Å². The monoisotopic (exact) mass is 335 g/mol. The number of urea groups is 1. The SMILES string of the molecule is CNC(=O)NC(=O)CN(C)Cc1ccc(-c2ccc(Cl)cc2)o1. The van der Waals surface area contributed by atoms with Gasteiger partial charge in [0.2, 0.25) is 5.91 Å². The normalized spacial score (nSPS) is 10.6. The fraction of sp³-hybridized carbons (Fsp3) is 0.250. The van der Waals surface area contributed by atoms with E-state index < -0.39 is 6.03 Å². The highest BCUT2D eigenvalue weighted by molar-refractivity contribution is 6.30. The molecular formula is C16H18ClN3O3. The van der Waals surface area contributed by atoms with E-state index in [1.54, 1.807) is 24.1 Å². The Morgan fingerprint density at radius 2 is 1.87 bits per heavy atom. The molecule has 2 rings (SSSR count). The Morgan fingerprint density at radius 1 is 1.17 bits per heavy atom. The lowest BCUT2D eigenvalue weighted by molar-refractivity contribution is -0.121. The zero-order chi connectivity index (χ0) is 16.8. The van der Waals surface area contributed by atoms with E-state index in [1.807, 2.05) is 24.3 Å². The summed E-state index contributed by atoms with van der Waals surface area (Å²) in [7, 11) is 3.22. The van der Waals surface area contributed by atoms with E-state index in [1.165, 1.54) is 7.05 Å². The van der Waals surface area contributed by atoms with E-state index in [4.69, 9.17) is 16.0 Å². The number of furan rings is 1. The molecule has 0 bridgehead atoms. The number of imide groups is 1. The van der Waals surface area contributed by atoms with Gasteiger partial charge >= 0.3 is 6.03 Å². The van der Waals surface area contributed by atoms with Crippen molar-refractivity contribution in [2.75, 3.05) is 20.6 Å². The van der Waals surface area contributed by atoms with E-state index in [0.29, 0.717) is 11.6 Å². The van der Waals surface area contributed by atoms with Gasteiger partial charge in [0.25, 0.3) is 0 Å². The van der Waals surface area contributed by atoms with Crippen LogP contribution in [0.15, 0.2) is 40.8 Å². The number of carbonyl (C=O) groups excluding carboxylic acids is 2. The molecular weight excluding hydrogens is 318 g/mol. The van der Waals surface area contributed by atoms with Crippen molar-refractivity contribution in [3.63, 3.8) is 0 Å². The van der Waals surface area contributed by atoms with Crippen molar-refractivity contribution in [3.05, 3.63) is 47.2 Å². The van der Waals surface area contributed by atoms with Crippen molar-refractivity contribution in [1.82, 2.24) is 15.5 Å². The number of carbonyl (C=O) groups is 2. The van der Waals surface area contributed by atoms with E-state index in [0.717, 1.165) is 17.1 Å². The number of nitrogens with zero attached hydrogens (tertiary/aromatic N) is 1. The van der Waals surface area contributed by atoms with E-state index in [2.05, 4.69) is 10.6 Å². The fourth-order valence-corrected chi connectivity index (χ4v) is 2.15. The molecule has 2 N–H and O–H groups in total. The van der Waals surface area contributed by atoms with Gasteiger partial charge in [0.15, 0.2) is 0 Å². The van der Waals surface area contributed by atoms with Crippen LogP contribution in [0.4, 0.5) is 4.79 Å². The van der Waals surface area contributed by atoms with Gasteiger partial charge in [0.1, 0.15) is 11.5 Å². The zero-order valence-corrected chi connectivity index (χ0v) is 13.7. The summed E-state index contributed by atoms with van der Waals surface area (Å²) < 4.78 is 5.77. The lowest BCUT2D eigenvalue weighted by Gasteiger charge is -2.14. The summed E-state index contributed by atoms with van der Waals surface area (Å²) in [4.78, 5) is 24.4. The van der Waals surface area contributed by atoms with E-state index >= 15 is 0 Å². The van der Waals surface area contributed by atoms with Gasteiger partial charge in [0, 0.05) is 17.6 Å². The second kappa shape index (κ2) is 7.80. The fourth-order valence-electron chi connectivity index (χ4n) is 2.03. The summed E-state index contributed by atoms with van der Waals surface area (Å²) in [5, 5.41) is 5.20. The van der Waals surface area contributed by atoms with E-state index in [9.17, 15) is 9.59 Å². The molecule has 0 aliphatic rings. The molecule has 0 atom stereocenters. The standard InChI is InChI=1S/C16H18ClN3O3/c1-18-16(22)19-15(21)10-20(2)9-13-7-8-14(23-13)11-3-5-12(17)6-4-11/h3-8H,9-10H2,1-2H3,(H2,18,19,21,22). The van der Waals surface area contributed by atoms with Crippen molar-refractivity contribution in [3.8, 4) is 11.3 Å². The number of hydrogen-bond donors (Lipinski definition) is 2. The van der Waals surface area contributed by atoms with Gasteiger partial charge < -0.3 is 9.73 Å². The third-order valence-corrected chi connectivity index (χ3v) is 3.36. The quantitative estimate of drug-likeness (QED) is 0.880. The first-order valence-corrected chi connectivity index (χ1v) is 7.40. The lowest BCUT2D eigenvalue weighted by Crippen LogP contribution is -2.42. The van der Waals surface area contributed by atoms with Crippen molar-refractivity contribution in [2.45, 2.75) is 6.54 Å². The first-order chi connectivity index (χ1) is 11.0. The van der Waals surface area contributed by atoms with Crippen LogP contribution in [0, 0.1) is 0 Å². The molecule has 6 nitrogen and oxygen atoms in total. The summed E-state index contributed by atoms with van der Waals surface area (Å²) in [6.07, 6.45) is 0. The first-order valence-electron chi connectivity index (χ1n) is 7.02. The number of amides is 3. The van der Waals surface area contributed by atoms with Crippen LogP contribution in [-0.4, -0.2) is 37.5 Å². The maximum absolute atomic E-state index is 11.6. The minimum Gasteiger partial charge on any atom is -0.460 e. The Hall–Kier alpha value is -2.31. The highest BCUT2D eigenvalue weighted by Crippen LogP contribution is 2.24. The third-order valence-electron chi connectivity index (χ3n) is 3.11. The molecule has 23 heavy (non-hydrogen) atoms. The Balaban J connectivity index is 1.92. The van der Waals surface area contributed by atoms with Crippen molar-refractivity contribution in [2.24, 2.45) is 0 Å². The van der Waals surface area contributed by atoms with Gasteiger partial charge in [-0.2, -0.15) is 0 Å². The molecule has 122 valence electrons. The molecule has 1 heterocycles. The minimum absolute atomic E-state index is 0.0877. The van der Waals surface area contributed by atoms with Gasteiger partial charge in [-0.05, 0) is 43.4 Å². The van der Waals surface area contributed by atoms with Gasteiger partial charge in [-0.25, -0.2) is 4.79 Å². The second-order valence-corrected chi connectivity index (χ2v) is 5.51. The van der Waals surface area contributed by atoms with Crippen LogP contribution in [0.25, 0.3) is 11.3 Å². The summed E-state index contributed by atoms with van der Waals surface area (Å²) in [6.45, 7) is 0.541. The maximum atomic E-state index is 11.6. The number of nitrogens with one attached hydrogen (secondary N) is 2. The van der Waals surface area contributed by atoms with Crippen LogP contribution in [0.2, 0.25) is 5.02 Å². The molecule has 0 saturated carbocycles. The molecule has 0 fully saturated rings. The lowest BCUT2D eigenvalue weighted by atomic mass is 10.2. The first kappa shape index (κ1) is 17.1. The van der Waals surface area contributed by atoms with E-state index in [-0.39, 0.29) is 12.5 Å². The van der Waals surface area contributed by atoms with Gasteiger partial charge in [0.05, 0.1) is 13.1 Å². The average Bonchev–Trinajstić information content (AvgIpc) is 2.95. The smallest absolute Gasteiger partial charge is 0.321 e. The number of benzene rings is 1. The van der Waals surface area contributed by atoms with Gasteiger partial charge in [-0.15, -0.1) is 0 Å². The van der Waals surface area contributed by atoms with Crippen molar-refractivity contribution < 1.29 is 14.0 Å². The van der Waals surface area contributed by atoms with Crippen molar-refractivity contribution >= 4 is 23.5 Å². The Kier molecular flexibility index (Phi) is 5.78. The molecule has 1 aromatic heterocycles. The molecule has 0 radical (unpaired) electrons. The molecule has 0 aliphatic carbocycles. The van der Waals surface area contributed by atoms with Gasteiger partial charge in [-0.3, -0.25) is 15.0 Å². The average molecular weight is 336 g/mol. The zero-order valence-electron chi connectivity index (χ0n) is 12.9. The number of likely N-dealkylation sites (N-methyl/N-ethyl adjacent to an activating group) is 1. The van der Waals surface area contributed by atoms with Crippen molar-refractivity contribution in [1.29, 1.82) is 0 Å². The minimum atomic E-state index is -0.522. The summed E-state index contributed by atoms with van der Waals surface area (Å²) in [6, 6.07) is 10.6. The molecule has 1 aromatic carbocycles. The molecule has 7 heteroatoms. The summed E-state index contributed by atoms with van der Waals surface area (Å²) in [5.41, 5.74) is 0.931. The van der Waals surface area contributed by atoms with Crippen LogP contribution in [-0.2, 0) is 11.3 Å². The molecule has 0 spiro atoms. The Bertz CT molecular complexity index is 682. The molecule has 0 saturated heterocycles. The van der Waals surface area contributed by atoms with Crippen LogP contribution in [0.5, 0.6) is 0 Å². The van der Waals surface area contributed by atoms with Gasteiger partial charge in [-0.1, -0.05) is 11.6 Å². The second-order valence-electron chi connectivity index (χ2n) is 5.07. The molecule has 0 aliphatic heterocycles. The van der Waals surface area contributed by atoms with Crippen LogP contribution >= 0.6 is 11.6 Å². The number of rotatable bonds is 5. The Morgan fingerprint density at radius 3 is 2.52 bits per heavy atom. The summed E-state index contributed by atoms with van der Waals surface area (Å²) >= 11 is 5.86. The number of halogens is 1.